The van der Waals surface area contributed by atoms with Crippen molar-refractivity contribution in [2.24, 2.45) is 0 Å². The second-order valence-electron chi connectivity index (χ2n) is 7.03. The van der Waals surface area contributed by atoms with Crippen molar-refractivity contribution in [2.45, 2.75) is 18.8 Å². The monoisotopic (exact) mass is 536 g/mol. The number of hydrogen-bond donors (Lipinski definition) is 3. The fourth-order valence-corrected chi connectivity index (χ4v) is 3.02. The first kappa shape index (κ1) is 27.1. The maximum absolute atomic E-state index is 13.9. The number of anilines is 1. The SMILES string of the molecule is O=C(Nc1ccn(COP(O)O)c(=O)c1)c1ccc(C(F)(F)C(F)(F)F)cc1Oc1ccc(F)cc1. The van der Waals surface area contributed by atoms with E-state index < -0.39 is 61.6 Å². The Labute approximate surface area is 199 Å². The Morgan fingerprint density at radius 3 is 2.25 bits per heavy atom. The molecule has 0 bridgehead atoms. The molecule has 3 aromatic rings. The number of nitrogens with zero attached hydrogens (tertiary/aromatic N) is 1. The van der Waals surface area contributed by atoms with Crippen LogP contribution >= 0.6 is 8.60 Å². The number of benzene rings is 2. The van der Waals surface area contributed by atoms with Gasteiger partial charge < -0.3 is 19.8 Å². The van der Waals surface area contributed by atoms with E-state index in [9.17, 15) is 35.9 Å². The number of ether oxygens (including phenoxy) is 1. The lowest BCUT2D eigenvalue weighted by Gasteiger charge is -2.21. The van der Waals surface area contributed by atoms with Gasteiger partial charge in [-0.05, 0) is 42.5 Å². The number of rotatable bonds is 8. The van der Waals surface area contributed by atoms with E-state index in [2.05, 4.69) is 9.84 Å². The van der Waals surface area contributed by atoms with Gasteiger partial charge in [0.05, 0.1) is 5.56 Å². The lowest BCUT2D eigenvalue weighted by molar-refractivity contribution is -0.289. The third-order valence-corrected chi connectivity index (χ3v) is 4.90. The van der Waals surface area contributed by atoms with Crippen molar-refractivity contribution in [2.75, 3.05) is 5.32 Å². The van der Waals surface area contributed by atoms with E-state index in [1.807, 2.05) is 0 Å². The van der Waals surface area contributed by atoms with Crippen LogP contribution in [0.2, 0.25) is 0 Å². The van der Waals surface area contributed by atoms with Gasteiger partial charge in [-0.25, -0.2) is 4.39 Å². The van der Waals surface area contributed by atoms with Crippen LogP contribution in [0, 0.1) is 5.82 Å². The molecule has 0 unspecified atom stereocenters. The molecule has 192 valence electrons. The molecule has 0 aliphatic carbocycles. The molecule has 36 heavy (non-hydrogen) atoms. The topological polar surface area (TPSA) is 110 Å². The molecule has 0 radical (unpaired) electrons. The van der Waals surface area contributed by atoms with Crippen LogP contribution in [0.15, 0.2) is 65.6 Å². The van der Waals surface area contributed by atoms with Crippen molar-refractivity contribution < 1.29 is 50.2 Å². The van der Waals surface area contributed by atoms with Crippen LogP contribution in [0.5, 0.6) is 11.5 Å². The molecule has 0 aliphatic heterocycles. The summed E-state index contributed by atoms with van der Waals surface area (Å²) in [5.41, 5.74) is -2.79. The number of halogens is 6. The number of carbonyl (C=O) groups is 1. The van der Waals surface area contributed by atoms with Gasteiger partial charge in [0.1, 0.15) is 24.0 Å². The van der Waals surface area contributed by atoms with Gasteiger partial charge in [-0.2, -0.15) is 22.0 Å². The molecule has 0 atom stereocenters. The highest BCUT2D eigenvalue weighted by molar-refractivity contribution is 7.39. The van der Waals surface area contributed by atoms with Crippen molar-refractivity contribution in [3.8, 4) is 11.5 Å². The zero-order chi connectivity index (χ0) is 26.7. The van der Waals surface area contributed by atoms with Crippen LogP contribution in [0.25, 0.3) is 0 Å². The van der Waals surface area contributed by atoms with Crippen molar-refractivity contribution in [3.63, 3.8) is 0 Å². The van der Waals surface area contributed by atoms with E-state index in [4.69, 9.17) is 14.5 Å². The normalized spacial score (nSPS) is 12.0. The summed E-state index contributed by atoms with van der Waals surface area (Å²) in [6.45, 7) is -0.504. The molecule has 0 aliphatic rings. The van der Waals surface area contributed by atoms with Gasteiger partial charge in [-0.15, -0.1) is 0 Å². The zero-order valence-electron chi connectivity index (χ0n) is 17.7. The van der Waals surface area contributed by atoms with E-state index in [0.717, 1.165) is 41.1 Å². The number of pyridine rings is 1. The highest BCUT2D eigenvalue weighted by Gasteiger charge is 2.58. The third kappa shape index (κ3) is 6.40. The number of hydrogen-bond acceptors (Lipinski definition) is 6. The molecule has 2 aromatic carbocycles. The van der Waals surface area contributed by atoms with Crippen LogP contribution in [-0.4, -0.2) is 26.4 Å². The van der Waals surface area contributed by atoms with Gasteiger partial charge in [-0.1, -0.05) is 6.07 Å². The van der Waals surface area contributed by atoms with Crippen LogP contribution in [0.1, 0.15) is 15.9 Å². The first-order valence-electron chi connectivity index (χ1n) is 9.63. The maximum Gasteiger partial charge on any atom is 0.458 e. The van der Waals surface area contributed by atoms with E-state index >= 15 is 0 Å². The van der Waals surface area contributed by atoms with Gasteiger partial charge >= 0.3 is 20.7 Å². The molecule has 3 N–H and O–H groups in total. The fraction of sp³-hybridized carbons (Fsp3) is 0.143. The van der Waals surface area contributed by atoms with Gasteiger partial charge in [0.15, 0.2) is 0 Å². The quantitative estimate of drug-likeness (QED) is 0.280. The number of alkyl halides is 5. The summed E-state index contributed by atoms with van der Waals surface area (Å²) in [5, 5.41) is 2.28. The van der Waals surface area contributed by atoms with Gasteiger partial charge in [0, 0.05) is 23.5 Å². The predicted molar refractivity (Wildman–Crippen MR) is 114 cm³/mol. The molecule has 0 spiro atoms. The van der Waals surface area contributed by atoms with Crippen LogP contribution in [0.4, 0.5) is 32.0 Å². The molecule has 15 heteroatoms. The van der Waals surface area contributed by atoms with Crippen molar-refractivity contribution >= 4 is 20.2 Å². The van der Waals surface area contributed by atoms with Crippen LogP contribution < -0.4 is 15.6 Å². The first-order chi connectivity index (χ1) is 16.8. The summed E-state index contributed by atoms with van der Waals surface area (Å²) in [7, 11) is -2.72. The number of carbonyl (C=O) groups excluding carboxylic acids is 1. The molecule has 0 fully saturated rings. The predicted octanol–water partition coefficient (Wildman–Crippen LogP) is 4.87. The highest BCUT2D eigenvalue weighted by Crippen LogP contribution is 2.45. The lowest BCUT2D eigenvalue weighted by atomic mass is 10.0. The molecule has 1 heterocycles. The van der Waals surface area contributed by atoms with E-state index in [1.165, 1.54) is 6.07 Å². The standard InChI is InChI=1S/C21H15F6N2O6P/c22-13-2-4-15(5-3-13)35-17-9-12(20(23,24)21(25,26)27)1-6-16(17)19(31)28-14-7-8-29(18(30)10-14)11-34-36(32)33/h1-10,32-33H,11H2,(H,28,31). The summed E-state index contributed by atoms with van der Waals surface area (Å²) in [6, 6.07) is 7.58. The second-order valence-corrected chi connectivity index (χ2v) is 7.79. The summed E-state index contributed by atoms with van der Waals surface area (Å²) in [4.78, 5) is 42.4. The largest absolute Gasteiger partial charge is 0.458 e. The number of nitrogens with one attached hydrogen (secondary N) is 1. The number of amides is 1. The Kier molecular flexibility index (Phi) is 8.04. The van der Waals surface area contributed by atoms with Crippen molar-refractivity contribution in [3.05, 3.63) is 88.1 Å². The Bertz CT molecular complexity index is 1300. The molecule has 0 saturated carbocycles. The molecule has 1 amide bonds. The minimum Gasteiger partial charge on any atom is -0.457 e. The highest BCUT2D eigenvalue weighted by atomic mass is 31.2. The van der Waals surface area contributed by atoms with Gasteiger partial charge in [-0.3, -0.25) is 18.7 Å². The summed E-state index contributed by atoms with van der Waals surface area (Å²) in [6.07, 6.45) is -4.79. The fourth-order valence-electron chi connectivity index (χ4n) is 2.79. The third-order valence-electron chi connectivity index (χ3n) is 4.55. The second kappa shape index (κ2) is 10.7. The van der Waals surface area contributed by atoms with Crippen molar-refractivity contribution in [1.29, 1.82) is 0 Å². The minimum absolute atomic E-state index is 0.0889. The molecule has 8 nitrogen and oxygen atoms in total. The van der Waals surface area contributed by atoms with Crippen LogP contribution in [-0.2, 0) is 17.2 Å². The lowest BCUT2D eigenvalue weighted by Crippen LogP contribution is -2.33. The van der Waals surface area contributed by atoms with Crippen LogP contribution in [0.3, 0.4) is 0 Å². The Morgan fingerprint density at radius 1 is 1.00 bits per heavy atom. The van der Waals surface area contributed by atoms with E-state index in [1.54, 1.807) is 0 Å². The van der Waals surface area contributed by atoms with E-state index in [0.29, 0.717) is 18.2 Å². The summed E-state index contributed by atoms with van der Waals surface area (Å²) < 4.78 is 90.3. The van der Waals surface area contributed by atoms with Gasteiger partial charge in [0.25, 0.3) is 11.5 Å². The minimum atomic E-state index is -5.93. The molecular formula is C21H15F6N2O6P. The maximum atomic E-state index is 13.9. The Morgan fingerprint density at radius 2 is 1.67 bits per heavy atom. The number of aromatic nitrogens is 1. The average molecular weight is 536 g/mol. The van der Waals surface area contributed by atoms with Gasteiger partial charge in [0.2, 0.25) is 0 Å². The summed E-state index contributed by atoms with van der Waals surface area (Å²) >= 11 is 0. The average Bonchev–Trinajstić information content (AvgIpc) is 2.79. The first-order valence-corrected chi connectivity index (χ1v) is 10.8. The molecule has 3 rings (SSSR count). The smallest absolute Gasteiger partial charge is 0.457 e. The molecular weight excluding hydrogens is 521 g/mol. The Balaban J connectivity index is 1.94. The van der Waals surface area contributed by atoms with Crippen molar-refractivity contribution in [1.82, 2.24) is 4.57 Å². The molecule has 0 saturated heterocycles. The molecule has 1 aromatic heterocycles. The Hall–Kier alpha value is -3.45. The summed E-state index contributed by atoms with van der Waals surface area (Å²) in [5.74, 6) is -7.82. The zero-order valence-corrected chi connectivity index (χ0v) is 18.6. The van der Waals surface area contributed by atoms with E-state index in [-0.39, 0.29) is 11.4 Å².